The Bertz CT molecular complexity index is 803. The Labute approximate surface area is 154 Å². The zero-order chi connectivity index (χ0) is 18.5. The summed E-state index contributed by atoms with van der Waals surface area (Å²) in [6, 6.07) is 15.6. The molecule has 1 heterocycles. The molecule has 0 saturated heterocycles. The molecule has 5 heteroatoms. The van der Waals surface area contributed by atoms with Gasteiger partial charge in [0.15, 0.2) is 6.10 Å². The van der Waals surface area contributed by atoms with Crippen LogP contribution in [0, 0.1) is 6.92 Å². The lowest BCUT2D eigenvalue weighted by Crippen LogP contribution is -2.45. The molecule has 0 unspecified atom stereocenters. The second-order valence-electron chi connectivity index (χ2n) is 6.49. The number of carbonyl (C=O) groups excluding carboxylic acids is 2. The second kappa shape index (κ2) is 8.04. The number of nitrogens with zero attached hydrogens (tertiary/aromatic N) is 1. The largest absolute Gasteiger partial charge is 0.479 e. The molecule has 0 fully saturated rings. The number of rotatable bonds is 6. The molecule has 0 bridgehead atoms. The maximum Gasteiger partial charge on any atom is 0.267 e. The summed E-state index contributed by atoms with van der Waals surface area (Å²) in [5.41, 5.74) is 3.19. The Morgan fingerprint density at radius 1 is 1.15 bits per heavy atom. The van der Waals surface area contributed by atoms with E-state index in [0.717, 1.165) is 12.1 Å². The molecule has 0 spiro atoms. The number of hydrogen-bond acceptors (Lipinski definition) is 3. The first-order valence-electron chi connectivity index (χ1n) is 8.94. The van der Waals surface area contributed by atoms with Crippen LogP contribution in [0.3, 0.4) is 0 Å². The zero-order valence-corrected chi connectivity index (χ0v) is 15.2. The normalized spacial score (nSPS) is 16.0. The predicted octanol–water partition coefficient (Wildman–Crippen LogP) is 2.86. The molecular formula is C21H24N2O3. The first kappa shape index (κ1) is 18.0. The number of carbonyl (C=O) groups is 2. The van der Waals surface area contributed by atoms with Crippen molar-refractivity contribution in [2.45, 2.75) is 32.8 Å². The molecule has 1 N–H and O–H groups in total. The van der Waals surface area contributed by atoms with Gasteiger partial charge in [-0.1, -0.05) is 36.4 Å². The lowest BCUT2D eigenvalue weighted by atomic mass is 10.1. The van der Waals surface area contributed by atoms with Gasteiger partial charge in [0.05, 0.1) is 5.69 Å². The van der Waals surface area contributed by atoms with Crippen LogP contribution in [-0.2, 0) is 16.0 Å². The highest BCUT2D eigenvalue weighted by atomic mass is 16.5. The lowest BCUT2D eigenvalue weighted by molar-refractivity contribution is -0.125. The Hall–Kier alpha value is -2.82. The highest BCUT2D eigenvalue weighted by molar-refractivity contribution is 6.00. The van der Waals surface area contributed by atoms with Crippen molar-refractivity contribution in [1.29, 1.82) is 0 Å². The summed E-state index contributed by atoms with van der Waals surface area (Å²) in [4.78, 5) is 26.2. The average molecular weight is 352 g/mol. The van der Waals surface area contributed by atoms with Crippen molar-refractivity contribution in [2.24, 2.45) is 0 Å². The number of nitrogens with one attached hydrogen (secondary N) is 1. The van der Waals surface area contributed by atoms with E-state index in [1.54, 1.807) is 11.8 Å². The Balaban J connectivity index is 1.53. The number of anilines is 1. The minimum absolute atomic E-state index is 0.0528. The van der Waals surface area contributed by atoms with E-state index < -0.39 is 6.10 Å². The van der Waals surface area contributed by atoms with Crippen LogP contribution in [0.4, 0.5) is 5.69 Å². The van der Waals surface area contributed by atoms with Gasteiger partial charge in [-0.05, 0) is 43.5 Å². The topological polar surface area (TPSA) is 58.6 Å². The second-order valence-corrected chi connectivity index (χ2v) is 6.49. The molecule has 5 nitrogen and oxygen atoms in total. The van der Waals surface area contributed by atoms with Gasteiger partial charge in [-0.3, -0.25) is 9.59 Å². The maximum absolute atomic E-state index is 12.4. The summed E-state index contributed by atoms with van der Waals surface area (Å²) in [5, 5.41) is 2.94. The summed E-state index contributed by atoms with van der Waals surface area (Å²) < 4.78 is 5.61. The minimum Gasteiger partial charge on any atom is -0.479 e. The van der Waals surface area contributed by atoms with Crippen LogP contribution in [0.5, 0.6) is 5.75 Å². The molecule has 0 saturated carbocycles. The van der Waals surface area contributed by atoms with Crippen LogP contribution in [-0.4, -0.2) is 31.0 Å². The SMILES string of the molecule is Cc1ccccc1CCNC(=O)CCN1C(=O)[C@H](C)Oc2ccccc21. The Morgan fingerprint density at radius 2 is 1.88 bits per heavy atom. The number of benzene rings is 2. The van der Waals surface area contributed by atoms with Gasteiger partial charge in [0.1, 0.15) is 5.75 Å². The van der Waals surface area contributed by atoms with Crippen molar-refractivity contribution < 1.29 is 14.3 Å². The minimum atomic E-state index is -0.533. The van der Waals surface area contributed by atoms with Crippen molar-refractivity contribution in [3.63, 3.8) is 0 Å². The van der Waals surface area contributed by atoms with Crippen LogP contribution in [0.25, 0.3) is 0 Å². The molecule has 1 aliphatic rings. The molecule has 1 aliphatic heterocycles. The van der Waals surface area contributed by atoms with E-state index in [1.807, 2.05) is 36.4 Å². The third-order valence-corrected chi connectivity index (χ3v) is 4.61. The first-order valence-corrected chi connectivity index (χ1v) is 8.94. The summed E-state index contributed by atoms with van der Waals surface area (Å²) in [7, 11) is 0. The van der Waals surface area contributed by atoms with Crippen LogP contribution >= 0.6 is 0 Å². The number of aryl methyl sites for hydroxylation is 1. The highest BCUT2D eigenvalue weighted by Gasteiger charge is 2.31. The molecule has 26 heavy (non-hydrogen) atoms. The first-order chi connectivity index (χ1) is 12.6. The van der Waals surface area contributed by atoms with Crippen molar-refractivity contribution >= 4 is 17.5 Å². The van der Waals surface area contributed by atoms with Crippen LogP contribution in [0.15, 0.2) is 48.5 Å². The van der Waals surface area contributed by atoms with Gasteiger partial charge in [0.25, 0.3) is 5.91 Å². The van der Waals surface area contributed by atoms with Crippen LogP contribution in [0.2, 0.25) is 0 Å². The molecule has 0 aromatic heterocycles. The van der Waals surface area contributed by atoms with Gasteiger partial charge in [0, 0.05) is 19.5 Å². The fourth-order valence-electron chi connectivity index (χ4n) is 3.12. The Kier molecular flexibility index (Phi) is 5.56. The van der Waals surface area contributed by atoms with Crippen molar-refractivity contribution in [2.75, 3.05) is 18.0 Å². The third-order valence-electron chi connectivity index (χ3n) is 4.61. The zero-order valence-electron chi connectivity index (χ0n) is 15.2. The van der Waals surface area contributed by atoms with Crippen LogP contribution < -0.4 is 15.0 Å². The molecule has 3 rings (SSSR count). The molecule has 0 aliphatic carbocycles. The van der Waals surface area contributed by atoms with E-state index in [1.165, 1.54) is 11.1 Å². The van der Waals surface area contributed by atoms with Gasteiger partial charge in [-0.2, -0.15) is 0 Å². The summed E-state index contributed by atoms with van der Waals surface area (Å²) in [6.45, 7) is 4.74. The van der Waals surface area contributed by atoms with Gasteiger partial charge in [0.2, 0.25) is 5.91 Å². The molecule has 2 aromatic rings. The van der Waals surface area contributed by atoms with Gasteiger partial charge < -0.3 is 15.0 Å². The molecule has 0 radical (unpaired) electrons. The van der Waals surface area contributed by atoms with Crippen molar-refractivity contribution in [3.05, 3.63) is 59.7 Å². The number of ether oxygens (including phenoxy) is 1. The number of amides is 2. The maximum atomic E-state index is 12.4. The van der Waals surface area contributed by atoms with E-state index in [4.69, 9.17) is 4.74 Å². The van der Waals surface area contributed by atoms with Gasteiger partial charge >= 0.3 is 0 Å². The average Bonchev–Trinajstić information content (AvgIpc) is 2.64. The molecule has 2 aromatic carbocycles. The van der Waals surface area contributed by atoms with Crippen molar-refractivity contribution in [3.8, 4) is 5.75 Å². The molecular weight excluding hydrogens is 328 g/mol. The van der Waals surface area contributed by atoms with E-state index in [2.05, 4.69) is 24.4 Å². The van der Waals surface area contributed by atoms with E-state index in [-0.39, 0.29) is 18.2 Å². The van der Waals surface area contributed by atoms with E-state index in [9.17, 15) is 9.59 Å². The molecule has 2 amide bonds. The van der Waals surface area contributed by atoms with E-state index >= 15 is 0 Å². The summed E-state index contributed by atoms with van der Waals surface area (Å²) in [5.74, 6) is 0.513. The smallest absolute Gasteiger partial charge is 0.267 e. The van der Waals surface area contributed by atoms with E-state index in [0.29, 0.717) is 18.8 Å². The monoisotopic (exact) mass is 352 g/mol. The van der Waals surface area contributed by atoms with Crippen LogP contribution in [0.1, 0.15) is 24.5 Å². The third kappa shape index (κ3) is 4.04. The Morgan fingerprint density at radius 3 is 2.69 bits per heavy atom. The van der Waals surface area contributed by atoms with Gasteiger partial charge in [-0.25, -0.2) is 0 Å². The quantitative estimate of drug-likeness (QED) is 0.870. The molecule has 136 valence electrons. The predicted molar refractivity (Wildman–Crippen MR) is 101 cm³/mol. The highest BCUT2D eigenvalue weighted by Crippen LogP contribution is 2.33. The van der Waals surface area contributed by atoms with Crippen molar-refractivity contribution in [1.82, 2.24) is 5.32 Å². The molecule has 1 atom stereocenters. The number of fused-ring (bicyclic) bond motifs is 1. The lowest BCUT2D eigenvalue weighted by Gasteiger charge is -2.32. The number of para-hydroxylation sites is 2. The fourth-order valence-corrected chi connectivity index (χ4v) is 3.12. The number of hydrogen-bond donors (Lipinski definition) is 1. The fraction of sp³-hybridized carbons (Fsp3) is 0.333. The summed E-state index contributed by atoms with van der Waals surface area (Å²) >= 11 is 0. The van der Waals surface area contributed by atoms with Gasteiger partial charge in [-0.15, -0.1) is 0 Å². The standard InChI is InChI=1S/C21H24N2O3/c1-15-7-3-4-8-17(15)11-13-22-20(24)12-14-23-18-9-5-6-10-19(18)26-16(2)21(23)25/h3-10,16H,11-14H2,1-2H3,(H,22,24)/t16-/m0/s1. The summed E-state index contributed by atoms with van der Waals surface area (Å²) in [6.07, 6.45) is 0.531.